The third-order valence-corrected chi connectivity index (χ3v) is 3.08. The van der Waals surface area contributed by atoms with Crippen molar-refractivity contribution in [3.8, 4) is 0 Å². The van der Waals surface area contributed by atoms with E-state index in [9.17, 15) is 4.79 Å². The fraction of sp³-hybridized carbons (Fsp3) is 0.438. The van der Waals surface area contributed by atoms with Crippen LogP contribution in [0.3, 0.4) is 0 Å². The zero-order valence-electron chi connectivity index (χ0n) is 11.6. The number of hydrogen-bond acceptors (Lipinski definition) is 1. The maximum absolute atomic E-state index is 10.7. The van der Waals surface area contributed by atoms with Crippen LogP contribution in [-0.2, 0) is 11.2 Å². The van der Waals surface area contributed by atoms with Gasteiger partial charge < -0.3 is 5.11 Å². The summed E-state index contributed by atoms with van der Waals surface area (Å²) in [6, 6.07) is 8.58. The summed E-state index contributed by atoms with van der Waals surface area (Å²) >= 11 is 0. The van der Waals surface area contributed by atoms with Crippen LogP contribution in [-0.4, -0.2) is 11.1 Å². The van der Waals surface area contributed by atoms with E-state index >= 15 is 0 Å². The largest absolute Gasteiger partial charge is 0.478 e. The van der Waals surface area contributed by atoms with Gasteiger partial charge in [-0.1, -0.05) is 51.1 Å². The third kappa shape index (κ3) is 4.36. The van der Waals surface area contributed by atoms with Gasteiger partial charge in [-0.3, -0.25) is 0 Å². The molecule has 18 heavy (non-hydrogen) atoms. The number of rotatable bonds is 5. The minimum atomic E-state index is -0.836. The number of aliphatic carboxylic acids is 1. The fourth-order valence-corrected chi connectivity index (χ4v) is 1.97. The fourth-order valence-electron chi connectivity index (χ4n) is 1.97. The number of allylic oxidation sites excluding steroid dienone is 1. The minimum Gasteiger partial charge on any atom is -0.478 e. The highest BCUT2D eigenvalue weighted by atomic mass is 16.4. The van der Waals surface area contributed by atoms with E-state index < -0.39 is 5.97 Å². The van der Waals surface area contributed by atoms with Crippen molar-refractivity contribution in [3.05, 3.63) is 47.0 Å². The first-order valence-electron chi connectivity index (χ1n) is 6.40. The molecule has 0 aliphatic rings. The smallest absolute Gasteiger partial charge is 0.330 e. The Morgan fingerprint density at radius 3 is 2.22 bits per heavy atom. The second kappa shape index (κ2) is 6.39. The van der Waals surface area contributed by atoms with Crippen LogP contribution in [0.2, 0.25) is 0 Å². The Morgan fingerprint density at radius 2 is 1.78 bits per heavy atom. The van der Waals surface area contributed by atoms with E-state index in [1.165, 1.54) is 11.1 Å². The molecule has 0 fully saturated rings. The molecule has 0 aliphatic carbocycles. The summed E-state index contributed by atoms with van der Waals surface area (Å²) in [7, 11) is 0. The van der Waals surface area contributed by atoms with Gasteiger partial charge in [-0.05, 0) is 36.3 Å². The summed E-state index contributed by atoms with van der Waals surface area (Å²) in [4.78, 5) is 10.7. The number of carboxylic acid groups (broad SMARTS) is 1. The van der Waals surface area contributed by atoms with Gasteiger partial charge in [0.1, 0.15) is 0 Å². The summed E-state index contributed by atoms with van der Waals surface area (Å²) in [5.74, 6) is -0.0476. The second-order valence-electron chi connectivity index (χ2n) is 5.23. The minimum absolute atomic E-state index is 0.242. The van der Waals surface area contributed by atoms with Gasteiger partial charge in [0.2, 0.25) is 0 Å². The van der Waals surface area contributed by atoms with Gasteiger partial charge in [0.05, 0.1) is 0 Å². The Balaban J connectivity index is 2.68. The Bertz CT molecular complexity index is 427. The highest BCUT2D eigenvalue weighted by Gasteiger charge is 2.06. The lowest BCUT2D eigenvalue weighted by atomic mass is 9.96. The number of carboxylic acids is 1. The maximum Gasteiger partial charge on any atom is 0.330 e. The van der Waals surface area contributed by atoms with E-state index in [0.29, 0.717) is 11.5 Å². The van der Waals surface area contributed by atoms with Crippen LogP contribution in [0.1, 0.15) is 44.7 Å². The summed E-state index contributed by atoms with van der Waals surface area (Å²) < 4.78 is 0. The highest BCUT2D eigenvalue weighted by molar-refractivity contribution is 5.85. The lowest BCUT2D eigenvalue weighted by Gasteiger charge is -2.10. The van der Waals surface area contributed by atoms with Crippen molar-refractivity contribution in [3.63, 3.8) is 0 Å². The number of carbonyl (C=O) groups is 1. The van der Waals surface area contributed by atoms with Crippen LogP contribution in [0.15, 0.2) is 35.9 Å². The van der Waals surface area contributed by atoms with Gasteiger partial charge in [-0.2, -0.15) is 0 Å². The monoisotopic (exact) mass is 246 g/mol. The average molecular weight is 246 g/mol. The van der Waals surface area contributed by atoms with Crippen molar-refractivity contribution in [2.75, 3.05) is 0 Å². The molecule has 1 aromatic rings. The second-order valence-corrected chi connectivity index (χ2v) is 5.23. The van der Waals surface area contributed by atoms with Crippen molar-refractivity contribution >= 4 is 5.97 Å². The summed E-state index contributed by atoms with van der Waals surface area (Å²) in [5, 5.41) is 8.83. The van der Waals surface area contributed by atoms with Crippen LogP contribution in [0.25, 0.3) is 0 Å². The van der Waals surface area contributed by atoms with Gasteiger partial charge in [-0.15, -0.1) is 0 Å². The molecule has 1 aromatic carbocycles. The molecule has 0 radical (unpaired) electrons. The van der Waals surface area contributed by atoms with Gasteiger partial charge in [0.15, 0.2) is 0 Å². The predicted molar refractivity (Wildman–Crippen MR) is 74.8 cm³/mol. The van der Waals surface area contributed by atoms with E-state index in [-0.39, 0.29) is 5.92 Å². The maximum atomic E-state index is 10.7. The molecular weight excluding hydrogens is 224 g/mol. The van der Waals surface area contributed by atoms with E-state index in [2.05, 4.69) is 38.1 Å². The van der Waals surface area contributed by atoms with Crippen molar-refractivity contribution in [1.29, 1.82) is 0 Å². The van der Waals surface area contributed by atoms with Crippen molar-refractivity contribution in [2.45, 2.75) is 40.0 Å². The summed E-state index contributed by atoms with van der Waals surface area (Å²) in [5.41, 5.74) is 3.01. The summed E-state index contributed by atoms with van der Waals surface area (Å²) in [6.45, 7) is 8.04. The SMILES string of the molecule is C/C(=C\C(C)Cc1ccc(C(C)C)cc1)C(=O)O. The molecule has 0 aliphatic heterocycles. The zero-order valence-corrected chi connectivity index (χ0v) is 11.6. The molecule has 2 nitrogen and oxygen atoms in total. The number of benzene rings is 1. The number of hydrogen-bond donors (Lipinski definition) is 1. The first-order chi connectivity index (χ1) is 8.40. The Hall–Kier alpha value is -1.57. The van der Waals surface area contributed by atoms with Crippen LogP contribution < -0.4 is 0 Å². The van der Waals surface area contributed by atoms with Crippen LogP contribution in [0.4, 0.5) is 0 Å². The molecule has 1 atom stereocenters. The average Bonchev–Trinajstić information content (AvgIpc) is 2.29. The summed E-state index contributed by atoms with van der Waals surface area (Å²) in [6.07, 6.45) is 2.70. The van der Waals surface area contributed by atoms with Gasteiger partial charge in [0, 0.05) is 5.57 Å². The topological polar surface area (TPSA) is 37.3 Å². The highest BCUT2D eigenvalue weighted by Crippen LogP contribution is 2.17. The first-order valence-corrected chi connectivity index (χ1v) is 6.40. The molecule has 0 saturated heterocycles. The molecule has 1 unspecified atom stereocenters. The Morgan fingerprint density at radius 1 is 1.22 bits per heavy atom. The quantitative estimate of drug-likeness (QED) is 0.797. The van der Waals surface area contributed by atoms with Crippen LogP contribution >= 0.6 is 0 Å². The molecule has 98 valence electrons. The predicted octanol–water partition coefficient (Wildman–Crippen LogP) is 4.02. The molecule has 0 aromatic heterocycles. The van der Waals surface area contributed by atoms with Crippen molar-refractivity contribution < 1.29 is 9.90 Å². The van der Waals surface area contributed by atoms with E-state index in [1.807, 2.05) is 13.0 Å². The molecule has 0 amide bonds. The van der Waals surface area contributed by atoms with Crippen LogP contribution in [0.5, 0.6) is 0 Å². The van der Waals surface area contributed by atoms with Gasteiger partial charge in [0.25, 0.3) is 0 Å². The third-order valence-electron chi connectivity index (χ3n) is 3.08. The van der Waals surface area contributed by atoms with E-state index in [1.54, 1.807) is 6.92 Å². The molecule has 0 saturated carbocycles. The van der Waals surface area contributed by atoms with E-state index in [0.717, 1.165) is 6.42 Å². The first kappa shape index (κ1) is 14.5. The Labute approximate surface area is 109 Å². The van der Waals surface area contributed by atoms with Crippen molar-refractivity contribution in [2.24, 2.45) is 5.92 Å². The zero-order chi connectivity index (χ0) is 13.7. The molecule has 2 heteroatoms. The van der Waals surface area contributed by atoms with Crippen molar-refractivity contribution in [1.82, 2.24) is 0 Å². The molecule has 0 spiro atoms. The molecular formula is C16H22O2. The molecule has 0 heterocycles. The van der Waals surface area contributed by atoms with Gasteiger partial charge >= 0.3 is 5.97 Å². The standard InChI is InChI=1S/C16H22O2/c1-11(2)15-7-5-14(6-8-15)10-12(3)9-13(4)16(17)18/h5-9,11-12H,10H2,1-4H3,(H,17,18)/b13-9+. The van der Waals surface area contributed by atoms with Gasteiger partial charge in [-0.25, -0.2) is 4.79 Å². The van der Waals surface area contributed by atoms with Crippen LogP contribution in [0, 0.1) is 5.92 Å². The normalized spacial score (nSPS) is 13.7. The Kier molecular flexibility index (Phi) is 5.14. The molecule has 0 bridgehead atoms. The lowest BCUT2D eigenvalue weighted by Crippen LogP contribution is -2.02. The molecule has 1 N–H and O–H groups in total. The lowest BCUT2D eigenvalue weighted by molar-refractivity contribution is -0.132. The molecule has 1 rings (SSSR count). The van der Waals surface area contributed by atoms with E-state index in [4.69, 9.17) is 5.11 Å².